The molecule has 5 rings (SSSR count). The van der Waals surface area contributed by atoms with Crippen LogP contribution >= 0.6 is 0 Å². The molecule has 1 saturated heterocycles. The molecule has 0 atom stereocenters. The van der Waals surface area contributed by atoms with Crippen LogP contribution in [0.1, 0.15) is 16.1 Å². The van der Waals surface area contributed by atoms with E-state index in [2.05, 4.69) is 11.0 Å². The molecule has 6 heteroatoms. The second-order valence-corrected chi connectivity index (χ2v) is 7.29. The molecule has 2 aliphatic heterocycles. The van der Waals surface area contributed by atoms with Crippen molar-refractivity contribution in [2.45, 2.75) is 6.54 Å². The minimum absolute atomic E-state index is 0.0448. The number of nitrogens with zero attached hydrogens (tertiary/aromatic N) is 2. The van der Waals surface area contributed by atoms with Gasteiger partial charge in [-0.25, -0.2) is 0 Å². The fourth-order valence-corrected chi connectivity index (χ4v) is 3.87. The fraction of sp³-hybridized carbons (Fsp3) is 0.261. The van der Waals surface area contributed by atoms with Gasteiger partial charge in [0.25, 0.3) is 5.91 Å². The smallest absolute Gasteiger partial charge is 0.290 e. The molecule has 1 aromatic heterocycles. The number of ether oxygens (including phenoxy) is 2. The van der Waals surface area contributed by atoms with Crippen molar-refractivity contribution in [1.82, 2.24) is 9.80 Å². The summed E-state index contributed by atoms with van der Waals surface area (Å²) in [7, 11) is 0. The molecule has 6 nitrogen and oxygen atoms in total. The molecule has 0 unspecified atom stereocenters. The monoisotopic (exact) mass is 390 g/mol. The van der Waals surface area contributed by atoms with Crippen molar-refractivity contribution < 1.29 is 18.7 Å². The quantitative estimate of drug-likeness (QED) is 0.681. The second-order valence-electron chi connectivity index (χ2n) is 7.29. The van der Waals surface area contributed by atoms with E-state index in [1.165, 1.54) is 5.56 Å². The van der Waals surface area contributed by atoms with Gasteiger partial charge >= 0.3 is 0 Å². The summed E-state index contributed by atoms with van der Waals surface area (Å²) in [6.07, 6.45) is 1.59. The van der Waals surface area contributed by atoms with Gasteiger partial charge in [-0.15, -0.1) is 0 Å². The summed E-state index contributed by atoms with van der Waals surface area (Å²) in [4.78, 5) is 17.3. The van der Waals surface area contributed by atoms with Gasteiger partial charge < -0.3 is 18.8 Å². The molecule has 3 aromatic rings. The summed E-state index contributed by atoms with van der Waals surface area (Å²) < 4.78 is 16.4. The minimum atomic E-state index is -0.0448. The van der Waals surface area contributed by atoms with Crippen molar-refractivity contribution in [3.8, 4) is 22.6 Å². The molecular formula is C23H22N2O4. The van der Waals surface area contributed by atoms with Crippen LogP contribution in [0, 0.1) is 0 Å². The lowest BCUT2D eigenvalue weighted by molar-refractivity contribution is 0.0599. The third kappa shape index (κ3) is 3.59. The molecule has 0 radical (unpaired) electrons. The van der Waals surface area contributed by atoms with Crippen LogP contribution in [0.3, 0.4) is 0 Å². The zero-order valence-corrected chi connectivity index (χ0v) is 16.0. The summed E-state index contributed by atoms with van der Waals surface area (Å²) in [5.74, 6) is 1.98. The molecule has 0 spiro atoms. The van der Waals surface area contributed by atoms with Gasteiger partial charge in [0, 0.05) is 38.3 Å². The summed E-state index contributed by atoms with van der Waals surface area (Å²) in [6, 6.07) is 17.8. The molecule has 3 heterocycles. The van der Waals surface area contributed by atoms with Crippen LogP contribution in [-0.2, 0) is 6.54 Å². The Hall–Kier alpha value is -3.25. The highest BCUT2D eigenvalue weighted by atomic mass is 16.7. The van der Waals surface area contributed by atoms with Crippen LogP contribution in [0.4, 0.5) is 0 Å². The first-order valence-corrected chi connectivity index (χ1v) is 9.81. The van der Waals surface area contributed by atoms with Gasteiger partial charge in [-0.05, 0) is 29.3 Å². The Balaban J connectivity index is 1.22. The maximum Gasteiger partial charge on any atom is 0.290 e. The van der Waals surface area contributed by atoms with E-state index in [1.54, 1.807) is 6.26 Å². The third-order valence-electron chi connectivity index (χ3n) is 5.45. The Bertz CT molecular complexity index is 1010. The molecular weight excluding hydrogens is 368 g/mol. The van der Waals surface area contributed by atoms with E-state index in [0.29, 0.717) is 18.8 Å². The van der Waals surface area contributed by atoms with Crippen LogP contribution in [0.15, 0.2) is 65.3 Å². The Labute approximate surface area is 169 Å². The normalized spacial score (nSPS) is 16.2. The number of fused-ring (bicyclic) bond motifs is 1. The fourth-order valence-electron chi connectivity index (χ4n) is 3.87. The van der Waals surface area contributed by atoms with E-state index < -0.39 is 0 Å². The summed E-state index contributed by atoms with van der Waals surface area (Å²) in [5, 5.41) is 0. The molecule has 0 bridgehead atoms. The Morgan fingerprint density at radius 1 is 0.897 bits per heavy atom. The first kappa shape index (κ1) is 17.8. The van der Waals surface area contributed by atoms with Crippen molar-refractivity contribution in [3.63, 3.8) is 0 Å². The lowest BCUT2D eigenvalue weighted by atomic mass is 10.1. The average Bonchev–Trinajstić information content (AvgIpc) is 3.44. The first-order valence-electron chi connectivity index (χ1n) is 9.81. The van der Waals surface area contributed by atoms with Gasteiger partial charge in [0.1, 0.15) is 0 Å². The second kappa shape index (κ2) is 7.64. The number of amides is 1. The highest BCUT2D eigenvalue weighted by Gasteiger charge is 2.26. The van der Waals surface area contributed by atoms with E-state index in [1.807, 2.05) is 53.4 Å². The minimum Gasteiger partial charge on any atom is -0.459 e. The lowest BCUT2D eigenvalue weighted by Gasteiger charge is -2.34. The molecule has 2 aliphatic rings. The molecule has 29 heavy (non-hydrogen) atoms. The van der Waals surface area contributed by atoms with Crippen LogP contribution in [0.25, 0.3) is 11.1 Å². The number of benzene rings is 2. The van der Waals surface area contributed by atoms with Crippen molar-refractivity contribution in [1.29, 1.82) is 0 Å². The Morgan fingerprint density at radius 3 is 2.52 bits per heavy atom. The van der Waals surface area contributed by atoms with Gasteiger partial charge in [0.05, 0.1) is 6.26 Å². The van der Waals surface area contributed by atoms with Crippen LogP contribution in [0.2, 0.25) is 0 Å². The van der Waals surface area contributed by atoms with Crippen molar-refractivity contribution in [2.24, 2.45) is 0 Å². The van der Waals surface area contributed by atoms with E-state index in [9.17, 15) is 4.79 Å². The van der Waals surface area contributed by atoms with Gasteiger partial charge in [-0.1, -0.05) is 36.4 Å². The standard InChI is InChI=1S/C23H22N2O4/c26-23(22-19(8-13-27-22)18-4-2-1-3-5-18)25-11-9-24(10-12-25)15-17-6-7-20-21(14-17)29-16-28-20/h1-8,13-14H,9-12,15-16H2. The van der Waals surface area contributed by atoms with Crippen LogP contribution < -0.4 is 9.47 Å². The molecule has 1 fully saturated rings. The number of piperazine rings is 1. The number of carbonyl (C=O) groups is 1. The number of carbonyl (C=O) groups excluding carboxylic acids is 1. The zero-order chi connectivity index (χ0) is 19.6. The summed E-state index contributed by atoms with van der Waals surface area (Å²) in [6.45, 7) is 4.12. The predicted molar refractivity (Wildman–Crippen MR) is 108 cm³/mol. The van der Waals surface area contributed by atoms with Crippen LogP contribution in [0.5, 0.6) is 11.5 Å². The Kier molecular flexibility index (Phi) is 4.69. The molecule has 1 amide bonds. The van der Waals surface area contributed by atoms with Crippen molar-refractivity contribution in [3.05, 3.63) is 72.2 Å². The highest BCUT2D eigenvalue weighted by molar-refractivity contribution is 5.98. The van der Waals surface area contributed by atoms with Gasteiger partial charge in [-0.3, -0.25) is 9.69 Å². The summed E-state index contributed by atoms with van der Waals surface area (Å²) in [5.41, 5.74) is 3.02. The zero-order valence-electron chi connectivity index (χ0n) is 16.0. The maximum absolute atomic E-state index is 13.0. The molecule has 148 valence electrons. The number of hydrogen-bond acceptors (Lipinski definition) is 5. The average molecular weight is 390 g/mol. The van der Waals surface area contributed by atoms with Gasteiger partial charge in [-0.2, -0.15) is 0 Å². The predicted octanol–water partition coefficient (Wildman–Crippen LogP) is 3.63. The van der Waals surface area contributed by atoms with E-state index in [-0.39, 0.29) is 12.7 Å². The number of rotatable bonds is 4. The molecule has 0 N–H and O–H groups in total. The van der Waals surface area contributed by atoms with E-state index in [4.69, 9.17) is 13.9 Å². The largest absolute Gasteiger partial charge is 0.459 e. The maximum atomic E-state index is 13.0. The van der Waals surface area contributed by atoms with Crippen molar-refractivity contribution in [2.75, 3.05) is 33.0 Å². The number of hydrogen-bond donors (Lipinski definition) is 0. The van der Waals surface area contributed by atoms with E-state index in [0.717, 1.165) is 42.3 Å². The highest BCUT2D eigenvalue weighted by Crippen LogP contribution is 2.33. The van der Waals surface area contributed by atoms with Crippen molar-refractivity contribution >= 4 is 5.91 Å². The SMILES string of the molecule is O=C(c1occc1-c1ccccc1)N1CCN(Cc2ccc3c(c2)OCO3)CC1. The molecule has 0 saturated carbocycles. The van der Waals surface area contributed by atoms with Crippen LogP contribution in [-0.4, -0.2) is 48.7 Å². The first-order chi connectivity index (χ1) is 14.3. The third-order valence-corrected chi connectivity index (χ3v) is 5.45. The summed E-state index contributed by atoms with van der Waals surface area (Å²) >= 11 is 0. The van der Waals surface area contributed by atoms with E-state index >= 15 is 0 Å². The van der Waals surface area contributed by atoms with Gasteiger partial charge in [0.2, 0.25) is 6.79 Å². The molecule has 0 aliphatic carbocycles. The topological polar surface area (TPSA) is 55.2 Å². The number of furan rings is 1. The molecule has 2 aromatic carbocycles. The van der Waals surface area contributed by atoms with Gasteiger partial charge in [0.15, 0.2) is 17.3 Å². The Morgan fingerprint density at radius 2 is 1.69 bits per heavy atom. The lowest BCUT2D eigenvalue weighted by Crippen LogP contribution is -2.48.